The van der Waals surface area contributed by atoms with Crippen LogP contribution in [0.5, 0.6) is 5.75 Å². The van der Waals surface area contributed by atoms with E-state index in [1.165, 1.54) is 5.19 Å². The minimum atomic E-state index is -0.626. The molecule has 0 fully saturated rings. The molecule has 0 heterocycles. The lowest BCUT2D eigenvalue weighted by molar-refractivity contribution is 0.585. The summed E-state index contributed by atoms with van der Waals surface area (Å²) in [4.78, 5) is 0. The number of para-hydroxylation sites is 1. The summed E-state index contributed by atoms with van der Waals surface area (Å²) in [5.41, 5.74) is 0. The van der Waals surface area contributed by atoms with Crippen molar-refractivity contribution in [3.63, 3.8) is 0 Å². The largest absolute Gasteiger partial charge is 0.543 e. The topological polar surface area (TPSA) is 9.23 Å². The Bertz CT molecular complexity index is 271. The Labute approximate surface area is 84.1 Å². The van der Waals surface area contributed by atoms with E-state index in [2.05, 4.69) is 50.5 Å². The van der Waals surface area contributed by atoms with Crippen LogP contribution < -0.4 is 9.61 Å². The summed E-state index contributed by atoms with van der Waals surface area (Å²) in [6.07, 6.45) is 0. The van der Waals surface area contributed by atoms with E-state index in [9.17, 15) is 0 Å². The molecular formula is C10H16OSi2. The van der Waals surface area contributed by atoms with E-state index in [0.29, 0.717) is 0 Å². The van der Waals surface area contributed by atoms with Gasteiger partial charge in [-0.1, -0.05) is 31.3 Å². The molecule has 3 heteroatoms. The maximum atomic E-state index is 5.83. The Morgan fingerprint density at radius 1 is 1.00 bits per heavy atom. The second-order valence-corrected chi connectivity index (χ2v) is 8.07. The van der Waals surface area contributed by atoms with Crippen LogP contribution in [0.25, 0.3) is 0 Å². The molecule has 1 aromatic rings. The molecule has 0 atom stereocenters. The van der Waals surface area contributed by atoms with Gasteiger partial charge in [0.05, 0.1) is 8.80 Å². The average Bonchev–Trinajstić information content (AvgIpc) is 2.03. The summed E-state index contributed by atoms with van der Waals surface area (Å²) in [6, 6.07) is 8.42. The van der Waals surface area contributed by atoms with Crippen molar-refractivity contribution < 1.29 is 4.43 Å². The maximum Gasteiger partial charge on any atom is 0.274 e. The second kappa shape index (κ2) is 4.62. The SMILES string of the molecule is C[Si](C)Oc1ccccc1[Si](C)C. The molecule has 1 nitrogen and oxygen atoms in total. The Kier molecular flexibility index (Phi) is 3.75. The third kappa shape index (κ3) is 3.01. The Hall–Kier alpha value is -0.546. The molecule has 0 spiro atoms. The van der Waals surface area contributed by atoms with Crippen LogP contribution in [0.4, 0.5) is 0 Å². The van der Waals surface area contributed by atoms with E-state index in [1.54, 1.807) is 0 Å². The molecule has 13 heavy (non-hydrogen) atoms. The van der Waals surface area contributed by atoms with Crippen LogP contribution >= 0.6 is 0 Å². The Morgan fingerprint density at radius 2 is 1.62 bits per heavy atom. The molecule has 0 bridgehead atoms. The molecule has 0 saturated carbocycles. The molecule has 0 unspecified atom stereocenters. The molecule has 1 aromatic carbocycles. The lowest BCUT2D eigenvalue weighted by atomic mass is 10.3. The molecule has 0 amide bonds. The fourth-order valence-corrected chi connectivity index (χ4v) is 2.97. The zero-order valence-electron chi connectivity index (χ0n) is 8.72. The summed E-state index contributed by atoms with van der Waals surface area (Å²) in [5, 5.41) is 1.42. The predicted octanol–water partition coefficient (Wildman–Crippen LogP) is 2.28. The molecule has 0 N–H and O–H groups in total. The third-order valence-electron chi connectivity index (χ3n) is 1.74. The van der Waals surface area contributed by atoms with Gasteiger partial charge in [-0.05, 0) is 24.3 Å². The number of rotatable bonds is 3. The first-order valence-corrected chi connectivity index (χ1v) is 9.39. The van der Waals surface area contributed by atoms with Crippen molar-refractivity contribution in [2.24, 2.45) is 0 Å². The van der Waals surface area contributed by atoms with Gasteiger partial charge in [-0.25, -0.2) is 0 Å². The summed E-state index contributed by atoms with van der Waals surface area (Å²) in [7, 11) is -1.02. The van der Waals surface area contributed by atoms with Crippen LogP contribution in [0.3, 0.4) is 0 Å². The lowest BCUT2D eigenvalue weighted by Gasteiger charge is -2.14. The average molecular weight is 208 g/mol. The van der Waals surface area contributed by atoms with Crippen LogP contribution in [0.1, 0.15) is 0 Å². The van der Waals surface area contributed by atoms with Gasteiger partial charge in [0.2, 0.25) is 0 Å². The number of hydrogen-bond acceptors (Lipinski definition) is 1. The molecule has 0 aliphatic rings. The second-order valence-electron chi connectivity index (χ2n) is 3.51. The van der Waals surface area contributed by atoms with Crippen LogP contribution in [0.2, 0.25) is 26.2 Å². The molecule has 0 saturated heterocycles. The zero-order chi connectivity index (χ0) is 9.84. The van der Waals surface area contributed by atoms with Gasteiger partial charge in [0.25, 0.3) is 9.04 Å². The quantitative estimate of drug-likeness (QED) is 0.693. The van der Waals surface area contributed by atoms with Crippen molar-refractivity contribution in [1.82, 2.24) is 0 Å². The predicted molar refractivity (Wildman–Crippen MR) is 61.7 cm³/mol. The van der Waals surface area contributed by atoms with Gasteiger partial charge in [0.1, 0.15) is 5.75 Å². The summed E-state index contributed by atoms with van der Waals surface area (Å²) in [6.45, 7) is 8.92. The molecular weight excluding hydrogens is 192 g/mol. The van der Waals surface area contributed by atoms with Gasteiger partial charge in [0.15, 0.2) is 0 Å². The zero-order valence-corrected chi connectivity index (χ0v) is 10.7. The number of benzene rings is 1. The first-order valence-electron chi connectivity index (χ1n) is 4.49. The molecule has 0 aliphatic carbocycles. The highest BCUT2D eigenvalue weighted by atomic mass is 28.3. The molecule has 2 radical (unpaired) electrons. The van der Waals surface area contributed by atoms with Gasteiger partial charge in [-0.15, -0.1) is 0 Å². The first kappa shape index (κ1) is 10.5. The van der Waals surface area contributed by atoms with Gasteiger partial charge >= 0.3 is 0 Å². The van der Waals surface area contributed by atoms with Crippen LogP contribution in [-0.2, 0) is 0 Å². The fraction of sp³-hybridized carbons (Fsp3) is 0.400. The van der Waals surface area contributed by atoms with Crippen molar-refractivity contribution >= 4 is 23.0 Å². The molecule has 1 rings (SSSR count). The minimum absolute atomic E-state index is 0.396. The van der Waals surface area contributed by atoms with E-state index in [4.69, 9.17) is 4.43 Å². The summed E-state index contributed by atoms with van der Waals surface area (Å²) >= 11 is 0. The minimum Gasteiger partial charge on any atom is -0.543 e. The van der Waals surface area contributed by atoms with E-state index < -0.39 is 17.8 Å². The highest BCUT2D eigenvalue weighted by Gasteiger charge is 2.09. The number of hydrogen-bond donors (Lipinski definition) is 0. The third-order valence-corrected chi connectivity index (χ3v) is 3.86. The van der Waals surface area contributed by atoms with Crippen LogP contribution in [-0.4, -0.2) is 17.8 Å². The van der Waals surface area contributed by atoms with Gasteiger partial charge in [0, 0.05) is 0 Å². The maximum absolute atomic E-state index is 5.83. The highest BCUT2D eigenvalue weighted by Crippen LogP contribution is 2.09. The van der Waals surface area contributed by atoms with Crippen molar-refractivity contribution in [2.75, 3.05) is 0 Å². The van der Waals surface area contributed by atoms with E-state index >= 15 is 0 Å². The van der Waals surface area contributed by atoms with Gasteiger partial charge in [-0.2, -0.15) is 0 Å². The van der Waals surface area contributed by atoms with Gasteiger partial charge < -0.3 is 4.43 Å². The fourth-order valence-electron chi connectivity index (χ4n) is 1.19. The normalized spacial score (nSPS) is 10.9. The lowest BCUT2D eigenvalue weighted by Crippen LogP contribution is -2.27. The van der Waals surface area contributed by atoms with E-state index in [-0.39, 0.29) is 0 Å². The highest BCUT2D eigenvalue weighted by molar-refractivity contribution is 6.71. The summed E-state index contributed by atoms with van der Waals surface area (Å²) in [5.74, 6) is 1.11. The van der Waals surface area contributed by atoms with Crippen molar-refractivity contribution in [2.45, 2.75) is 26.2 Å². The van der Waals surface area contributed by atoms with E-state index in [1.807, 2.05) is 0 Å². The molecule has 0 aromatic heterocycles. The monoisotopic (exact) mass is 208 g/mol. The summed E-state index contributed by atoms with van der Waals surface area (Å²) < 4.78 is 5.83. The van der Waals surface area contributed by atoms with Gasteiger partial charge in [-0.3, -0.25) is 0 Å². The van der Waals surface area contributed by atoms with Crippen LogP contribution in [0.15, 0.2) is 24.3 Å². The van der Waals surface area contributed by atoms with E-state index in [0.717, 1.165) is 5.75 Å². The van der Waals surface area contributed by atoms with Crippen LogP contribution in [0, 0.1) is 0 Å². The van der Waals surface area contributed by atoms with Crippen molar-refractivity contribution in [3.8, 4) is 5.75 Å². The first-order chi connectivity index (χ1) is 6.11. The standard InChI is InChI=1S/C10H16OSi2/c1-12(2)10-8-6-5-7-9(10)11-13(3)4/h5-8H,1-4H3. The molecule has 70 valence electrons. The Morgan fingerprint density at radius 3 is 2.15 bits per heavy atom. The van der Waals surface area contributed by atoms with Crippen molar-refractivity contribution in [1.29, 1.82) is 0 Å². The molecule has 0 aliphatic heterocycles. The van der Waals surface area contributed by atoms with Crippen molar-refractivity contribution in [3.05, 3.63) is 24.3 Å². The Balaban J connectivity index is 2.91. The smallest absolute Gasteiger partial charge is 0.274 e.